The third-order valence-electron chi connectivity index (χ3n) is 4.60. The van der Waals surface area contributed by atoms with Gasteiger partial charge in [0.05, 0.1) is 12.3 Å². The maximum atomic E-state index is 12.2. The lowest BCUT2D eigenvalue weighted by Gasteiger charge is -2.22. The zero-order valence-corrected chi connectivity index (χ0v) is 14.3. The molecule has 1 atom stereocenters. The predicted molar refractivity (Wildman–Crippen MR) is 95.4 cm³/mol. The molecule has 1 amide bonds. The van der Waals surface area contributed by atoms with Crippen molar-refractivity contribution in [3.8, 4) is 11.3 Å². The molecular formula is C18H21N3O2S. The number of carbonyl (C=O) groups excluding carboxylic acids is 1. The van der Waals surface area contributed by atoms with Gasteiger partial charge >= 0.3 is 0 Å². The van der Waals surface area contributed by atoms with Crippen LogP contribution in [0.2, 0.25) is 0 Å². The maximum absolute atomic E-state index is 12.2. The highest BCUT2D eigenvalue weighted by molar-refractivity contribution is 7.14. The Hall–Kier alpha value is -1.76. The summed E-state index contributed by atoms with van der Waals surface area (Å²) in [6, 6.07) is 6.62. The van der Waals surface area contributed by atoms with Crippen molar-refractivity contribution >= 4 is 22.4 Å². The molecule has 1 fully saturated rings. The van der Waals surface area contributed by atoms with Crippen LogP contribution in [0.25, 0.3) is 11.3 Å². The summed E-state index contributed by atoms with van der Waals surface area (Å²) in [6.07, 6.45) is 4.46. The van der Waals surface area contributed by atoms with E-state index in [1.54, 1.807) is 0 Å². The number of anilines is 1. The van der Waals surface area contributed by atoms with E-state index < -0.39 is 6.10 Å². The van der Waals surface area contributed by atoms with Crippen molar-refractivity contribution < 1.29 is 9.53 Å². The van der Waals surface area contributed by atoms with Gasteiger partial charge in [-0.25, -0.2) is 4.98 Å². The molecule has 2 aromatic rings. The lowest BCUT2D eigenvalue weighted by molar-refractivity contribution is -0.128. The minimum Gasteiger partial charge on any atom is -0.366 e. The molecule has 0 unspecified atom stereocenters. The summed E-state index contributed by atoms with van der Waals surface area (Å²) < 4.78 is 5.47. The Bertz CT molecular complexity index is 738. The number of benzene rings is 1. The van der Waals surface area contributed by atoms with E-state index in [2.05, 4.69) is 33.8 Å². The number of aryl methyl sites for hydroxylation is 2. The van der Waals surface area contributed by atoms with Crippen LogP contribution in [0.5, 0.6) is 0 Å². The highest BCUT2D eigenvalue weighted by Crippen LogP contribution is 2.29. The zero-order chi connectivity index (χ0) is 16.4. The van der Waals surface area contributed by atoms with Crippen molar-refractivity contribution in [2.45, 2.75) is 31.8 Å². The van der Waals surface area contributed by atoms with E-state index in [0.717, 1.165) is 24.2 Å². The first-order valence-corrected chi connectivity index (χ1v) is 9.38. The van der Waals surface area contributed by atoms with Crippen LogP contribution in [-0.4, -0.2) is 36.7 Å². The zero-order valence-electron chi connectivity index (χ0n) is 13.5. The SMILES string of the molecule is O=C(Nc1nc(-c2ccc3c(c2)CCCC3)cs1)[C@H]1CNCCO1. The smallest absolute Gasteiger partial charge is 0.256 e. The summed E-state index contributed by atoms with van der Waals surface area (Å²) in [5.74, 6) is -0.131. The van der Waals surface area contributed by atoms with Crippen LogP contribution in [0, 0.1) is 0 Å². The number of carbonyl (C=O) groups is 1. The highest BCUT2D eigenvalue weighted by atomic mass is 32.1. The molecule has 1 aromatic heterocycles. The molecule has 0 radical (unpaired) electrons. The van der Waals surface area contributed by atoms with Crippen LogP contribution in [0.4, 0.5) is 5.13 Å². The number of nitrogens with one attached hydrogen (secondary N) is 2. The number of rotatable bonds is 3. The van der Waals surface area contributed by atoms with E-state index in [1.807, 2.05) is 5.38 Å². The van der Waals surface area contributed by atoms with Gasteiger partial charge in [-0.3, -0.25) is 10.1 Å². The van der Waals surface area contributed by atoms with Crippen LogP contribution in [0.3, 0.4) is 0 Å². The minimum atomic E-state index is -0.435. The third-order valence-corrected chi connectivity index (χ3v) is 5.36. The Labute approximate surface area is 145 Å². The number of hydrogen-bond donors (Lipinski definition) is 2. The van der Waals surface area contributed by atoms with E-state index >= 15 is 0 Å². The van der Waals surface area contributed by atoms with Gasteiger partial charge in [0.1, 0.15) is 6.10 Å². The molecule has 6 heteroatoms. The second-order valence-corrected chi connectivity index (χ2v) is 7.14. The van der Waals surface area contributed by atoms with E-state index in [4.69, 9.17) is 4.74 Å². The van der Waals surface area contributed by atoms with E-state index in [0.29, 0.717) is 18.3 Å². The number of fused-ring (bicyclic) bond motifs is 1. The minimum absolute atomic E-state index is 0.131. The van der Waals surface area contributed by atoms with E-state index in [1.165, 1.54) is 41.7 Å². The number of nitrogens with zero attached hydrogens (tertiary/aromatic N) is 1. The number of amides is 1. The molecule has 2 N–H and O–H groups in total. The summed E-state index contributed by atoms with van der Waals surface area (Å²) in [7, 11) is 0. The summed E-state index contributed by atoms with van der Waals surface area (Å²) in [5.41, 5.74) is 4.96. The molecule has 5 nitrogen and oxygen atoms in total. The molecule has 0 bridgehead atoms. The fourth-order valence-corrected chi connectivity index (χ4v) is 4.00. The molecule has 1 aliphatic heterocycles. The van der Waals surface area contributed by atoms with Crippen molar-refractivity contribution in [2.24, 2.45) is 0 Å². The number of thiazole rings is 1. The average molecular weight is 343 g/mol. The molecule has 24 heavy (non-hydrogen) atoms. The normalized spacial score (nSPS) is 20.4. The molecule has 0 saturated carbocycles. The predicted octanol–water partition coefficient (Wildman–Crippen LogP) is 2.62. The Morgan fingerprint density at radius 1 is 1.29 bits per heavy atom. The van der Waals surface area contributed by atoms with Gasteiger partial charge in [0, 0.05) is 24.0 Å². The van der Waals surface area contributed by atoms with Gasteiger partial charge < -0.3 is 10.1 Å². The molecule has 1 aromatic carbocycles. The van der Waals surface area contributed by atoms with Gasteiger partial charge in [0.2, 0.25) is 0 Å². The van der Waals surface area contributed by atoms with Gasteiger partial charge in [-0.1, -0.05) is 12.1 Å². The summed E-state index contributed by atoms with van der Waals surface area (Å²) in [4.78, 5) is 16.8. The van der Waals surface area contributed by atoms with Crippen LogP contribution in [-0.2, 0) is 22.4 Å². The fourth-order valence-electron chi connectivity index (χ4n) is 3.28. The van der Waals surface area contributed by atoms with Crippen molar-refractivity contribution in [1.82, 2.24) is 10.3 Å². The van der Waals surface area contributed by atoms with Crippen LogP contribution in [0.15, 0.2) is 23.6 Å². The van der Waals surface area contributed by atoms with Crippen molar-refractivity contribution in [2.75, 3.05) is 25.0 Å². The summed E-state index contributed by atoms with van der Waals surface area (Å²) in [5, 5.41) is 8.65. The molecule has 4 rings (SSSR count). The van der Waals surface area contributed by atoms with E-state index in [-0.39, 0.29) is 5.91 Å². The Balaban J connectivity index is 1.47. The van der Waals surface area contributed by atoms with Crippen LogP contribution < -0.4 is 10.6 Å². The van der Waals surface area contributed by atoms with Crippen molar-refractivity contribution in [1.29, 1.82) is 0 Å². The highest BCUT2D eigenvalue weighted by Gasteiger charge is 2.22. The number of aromatic nitrogens is 1. The van der Waals surface area contributed by atoms with Crippen molar-refractivity contribution in [3.63, 3.8) is 0 Å². The molecular weight excluding hydrogens is 322 g/mol. The Kier molecular flexibility index (Phi) is 4.60. The van der Waals surface area contributed by atoms with Gasteiger partial charge in [0.15, 0.2) is 5.13 Å². The lowest BCUT2D eigenvalue weighted by Crippen LogP contribution is -2.45. The van der Waals surface area contributed by atoms with E-state index in [9.17, 15) is 4.79 Å². The molecule has 1 saturated heterocycles. The first-order valence-electron chi connectivity index (χ1n) is 8.50. The third kappa shape index (κ3) is 3.36. The second-order valence-electron chi connectivity index (χ2n) is 6.28. The molecule has 126 valence electrons. The quantitative estimate of drug-likeness (QED) is 0.899. The molecule has 1 aliphatic carbocycles. The number of ether oxygens (including phenoxy) is 1. The summed E-state index contributed by atoms with van der Waals surface area (Å²) >= 11 is 1.46. The molecule has 0 spiro atoms. The second kappa shape index (κ2) is 7.01. The van der Waals surface area contributed by atoms with Crippen LogP contribution in [0.1, 0.15) is 24.0 Å². The average Bonchev–Trinajstić information content (AvgIpc) is 3.10. The monoisotopic (exact) mass is 343 g/mol. The first kappa shape index (κ1) is 15.7. The fraction of sp³-hybridized carbons (Fsp3) is 0.444. The largest absolute Gasteiger partial charge is 0.366 e. The van der Waals surface area contributed by atoms with Gasteiger partial charge in [-0.2, -0.15) is 0 Å². The molecule has 2 aliphatic rings. The molecule has 2 heterocycles. The first-order chi connectivity index (χ1) is 11.8. The van der Waals surface area contributed by atoms with Gasteiger partial charge in [0.25, 0.3) is 5.91 Å². The Morgan fingerprint density at radius 3 is 3.00 bits per heavy atom. The topological polar surface area (TPSA) is 63.2 Å². The van der Waals surface area contributed by atoms with Crippen molar-refractivity contribution in [3.05, 3.63) is 34.7 Å². The lowest BCUT2D eigenvalue weighted by atomic mass is 9.90. The van der Waals surface area contributed by atoms with Gasteiger partial charge in [-0.05, 0) is 42.9 Å². The number of hydrogen-bond acceptors (Lipinski definition) is 5. The number of morpholine rings is 1. The van der Waals surface area contributed by atoms with Gasteiger partial charge in [-0.15, -0.1) is 11.3 Å². The summed E-state index contributed by atoms with van der Waals surface area (Å²) in [6.45, 7) is 1.91. The standard InChI is InChI=1S/C18H21N3O2S/c22-17(16-10-19-7-8-23-16)21-18-20-15(11-24-18)14-6-5-12-3-1-2-4-13(12)9-14/h5-6,9,11,16,19H,1-4,7-8,10H2,(H,20,21,22)/t16-/m1/s1. The van der Waals surface area contributed by atoms with Crippen LogP contribution >= 0.6 is 11.3 Å². The Morgan fingerprint density at radius 2 is 2.17 bits per heavy atom. The maximum Gasteiger partial charge on any atom is 0.256 e.